The van der Waals surface area contributed by atoms with E-state index in [1.165, 1.54) is 18.2 Å². The minimum absolute atomic E-state index is 0.126. The molecule has 156 valence electrons. The molecule has 1 aliphatic heterocycles. The van der Waals surface area contributed by atoms with Gasteiger partial charge in [-0.1, -0.05) is 18.2 Å². The van der Waals surface area contributed by atoms with Crippen molar-refractivity contribution < 1.29 is 13.9 Å². The minimum atomic E-state index is -0.637. The van der Waals surface area contributed by atoms with Gasteiger partial charge in [0.15, 0.2) is 0 Å². The molecule has 1 N–H and O–H groups in total. The first-order valence-corrected chi connectivity index (χ1v) is 10.3. The van der Waals surface area contributed by atoms with Crippen molar-refractivity contribution in [2.24, 2.45) is 0 Å². The third-order valence-corrected chi connectivity index (χ3v) is 5.79. The Labute approximate surface area is 178 Å². The van der Waals surface area contributed by atoms with E-state index in [1.807, 2.05) is 30.3 Å². The standard InChI is InChI=1S/C25H21F2N3O/c26-19-3-1-4-20(27)25(19)23-6-2-5-21(29-23)16-7-8-22-18(15-16)24(9-12-28-22)30-13-10-17(31)11-14-30/h1-9,12,15,17,31H,10-11,13-14H2. The molecule has 4 nitrogen and oxygen atoms in total. The summed E-state index contributed by atoms with van der Waals surface area (Å²) in [4.78, 5) is 11.3. The third kappa shape index (κ3) is 3.75. The van der Waals surface area contributed by atoms with Gasteiger partial charge in [0.2, 0.25) is 0 Å². The summed E-state index contributed by atoms with van der Waals surface area (Å²) in [5, 5.41) is 10.8. The fourth-order valence-corrected chi connectivity index (χ4v) is 4.15. The van der Waals surface area contributed by atoms with Crippen LogP contribution in [-0.2, 0) is 0 Å². The number of piperidine rings is 1. The Morgan fingerprint density at radius 3 is 2.35 bits per heavy atom. The second kappa shape index (κ2) is 8.04. The van der Waals surface area contributed by atoms with Crippen LogP contribution < -0.4 is 4.90 Å². The molecule has 4 aromatic rings. The number of rotatable bonds is 3. The number of aliphatic hydroxyl groups excluding tert-OH is 1. The van der Waals surface area contributed by atoms with Crippen molar-refractivity contribution in [3.05, 3.63) is 78.5 Å². The van der Waals surface area contributed by atoms with Crippen molar-refractivity contribution in [3.8, 4) is 22.5 Å². The highest BCUT2D eigenvalue weighted by Crippen LogP contribution is 2.32. The van der Waals surface area contributed by atoms with Crippen LogP contribution in [0.25, 0.3) is 33.4 Å². The van der Waals surface area contributed by atoms with E-state index in [0.717, 1.165) is 48.1 Å². The van der Waals surface area contributed by atoms with Gasteiger partial charge in [0.1, 0.15) is 11.6 Å². The summed E-state index contributed by atoms with van der Waals surface area (Å²) in [5.74, 6) is -1.27. The van der Waals surface area contributed by atoms with Crippen LogP contribution in [0.5, 0.6) is 0 Å². The predicted octanol–water partition coefficient (Wildman–Crippen LogP) is 5.20. The number of aromatic nitrogens is 2. The zero-order valence-electron chi connectivity index (χ0n) is 16.8. The van der Waals surface area contributed by atoms with E-state index >= 15 is 0 Å². The first-order chi connectivity index (χ1) is 15.1. The average Bonchev–Trinajstić information content (AvgIpc) is 2.79. The molecule has 0 radical (unpaired) electrons. The number of pyridine rings is 2. The van der Waals surface area contributed by atoms with E-state index in [9.17, 15) is 13.9 Å². The SMILES string of the molecule is OC1CCN(c2ccnc3ccc(-c4cccc(-c5c(F)cccc5F)n4)cc23)CC1. The molecule has 0 aliphatic carbocycles. The second-order valence-corrected chi connectivity index (χ2v) is 7.78. The maximum absolute atomic E-state index is 14.3. The quantitative estimate of drug-likeness (QED) is 0.498. The van der Waals surface area contributed by atoms with Crippen LogP contribution in [0.15, 0.2) is 66.9 Å². The number of benzene rings is 2. The summed E-state index contributed by atoms with van der Waals surface area (Å²) in [6.45, 7) is 1.57. The molecule has 2 aromatic heterocycles. The summed E-state index contributed by atoms with van der Waals surface area (Å²) in [7, 11) is 0. The molecule has 2 aromatic carbocycles. The highest BCUT2D eigenvalue weighted by atomic mass is 19.1. The first kappa shape index (κ1) is 19.6. The van der Waals surface area contributed by atoms with E-state index in [0.29, 0.717) is 5.69 Å². The van der Waals surface area contributed by atoms with Crippen molar-refractivity contribution in [2.75, 3.05) is 18.0 Å². The molecule has 5 rings (SSSR count). The van der Waals surface area contributed by atoms with Crippen LogP contribution in [0.4, 0.5) is 14.5 Å². The number of hydrogen-bond acceptors (Lipinski definition) is 4. The molecule has 1 aliphatic rings. The van der Waals surface area contributed by atoms with Gasteiger partial charge in [-0.3, -0.25) is 4.98 Å². The van der Waals surface area contributed by atoms with Crippen molar-refractivity contribution in [2.45, 2.75) is 18.9 Å². The summed E-state index contributed by atoms with van der Waals surface area (Å²) in [6.07, 6.45) is 3.02. The Kier molecular flexibility index (Phi) is 5.08. The van der Waals surface area contributed by atoms with E-state index < -0.39 is 11.6 Å². The van der Waals surface area contributed by atoms with Gasteiger partial charge in [-0.2, -0.15) is 0 Å². The fraction of sp³-hybridized carbons (Fsp3) is 0.200. The van der Waals surface area contributed by atoms with E-state index in [2.05, 4.69) is 14.9 Å². The third-order valence-electron chi connectivity index (χ3n) is 5.79. The van der Waals surface area contributed by atoms with Gasteiger partial charge in [-0.25, -0.2) is 13.8 Å². The van der Waals surface area contributed by atoms with Crippen molar-refractivity contribution in [3.63, 3.8) is 0 Å². The number of hydrogen-bond donors (Lipinski definition) is 1. The molecule has 1 fully saturated rings. The molecular formula is C25H21F2N3O. The van der Waals surface area contributed by atoms with Crippen LogP contribution in [-0.4, -0.2) is 34.3 Å². The van der Waals surface area contributed by atoms with Crippen LogP contribution in [0, 0.1) is 11.6 Å². The van der Waals surface area contributed by atoms with Crippen LogP contribution in [0.1, 0.15) is 12.8 Å². The lowest BCUT2D eigenvalue weighted by molar-refractivity contribution is 0.145. The molecular weight excluding hydrogens is 396 g/mol. The van der Waals surface area contributed by atoms with Gasteiger partial charge in [-0.15, -0.1) is 0 Å². The Balaban J connectivity index is 1.58. The number of anilines is 1. The Morgan fingerprint density at radius 1 is 0.871 bits per heavy atom. The van der Waals surface area contributed by atoms with Crippen LogP contribution >= 0.6 is 0 Å². The Morgan fingerprint density at radius 2 is 1.58 bits per heavy atom. The monoisotopic (exact) mass is 417 g/mol. The predicted molar refractivity (Wildman–Crippen MR) is 118 cm³/mol. The largest absolute Gasteiger partial charge is 0.393 e. The highest BCUT2D eigenvalue weighted by Gasteiger charge is 2.19. The zero-order valence-corrected chi connectivity index (χ0v) is 16.8. The van der Waals surface area contributed by atoms with Crippen LogP contribution in [0.3, 0.4) is 0 Å². The van der Waals surface area contributed by atoms with Gasteiger partial charge < -0.3 is 10.0 Å². The van der Waals surface area contributed by atoms with Crippen molar-refractivity contribution in [1.29, 1.82) is 0 Å². The number of nitrogens with zero attached hydrogens (tertiary/aromatic N) is 3. The number of aliphatic hydroxyl groups is 1. The minimum Gasteiger partial charge on any atom is -0.393 e. The van der Waals surface area contributed by atoms with Gasteiger partial charge in [0, 0.05) is 35.9 Å². The normalized spacial score (nSPS) is 14.9. The van der Waals surface area contributed by atoms with Crippen molar-refractivity contribution >= 4 is 16.6 Å². The molecule has 0 unspecified atom stereocenters. The van der Waals surface area contributed by atoms with Gasteiger partial charge in [0.25, 0.3) is 0 Å². The Bertz CT molecular complexity index is 1230. The zero-order chi connectivity index (χ0) is 21.4. The molecule has 0 bridgehead atoms. The average molecular weight is 417 g/mol. The summed E-state index contributed by atoms with van der Waals surface area (Å²) in [6, 6.07) is 16.9. The van der Waals surface area contributed by atoms with Gasteiger partial charge >= 0.3 is 0 Å². The van der Waals surface area contributed by atoms with E-state index in [4.69, 9.17) is 0 Å². The fourth-order valence-electron chi connectivity index (χ4n) is 4.15. The van der Waals surface area contributed by atoms with E-state index in [-0.39, 0.29) is 17.4 Å². The van der Waals surface area contributed by atoms with E-state index in [1.54, 1.807) is 18.3 Å². The topological polar surface area (TPSA) is 49.2 Å². The molecule has 0 atom stereocenters. The van der Waals surface area contributed by atoms with Gasteiger partial charge in [-0.05, 0) is 55.3 Å². The van der Waals surface area contributed by atoms with Gasteiger partial charge in [0.05, 0.1) is 28.6 Å². The van der Waals surface area contributed by atoms with Crippen LogP contribution in [0.2, 0.25) is 0 Å². The molecule has 0 saturated carbocycles. The molecule has 0 spiro atoms. The first-order valence-electron chi connectivity index (χ1n) is 10.3. The lowest BCUT2D eigenvalue weighted by Gasteiger charge is -2.32. The summed E-state index contributed by atoms with van der Waals surface area (Å²) in [5.41, 5.74) is 3.53. The maximum atomic E-state index is 14.3. The number of halogens is 2. The Hall–Kier alpha value is -3.38. The molecule has 31 heavy (non-hydrogen) atoms. The lowest BCUT2D eigenvalue weighted by atomic mass is 10.0. The smallest absolute Gasteiger partial charge is 0.135 e. The second-order valence-electron chi connectivity index (χ2n) is 7.78. The number of fused-ring (bicyclic) bond motifs is 1. The maximum Gasteiger partial charge on any atom is 0.135 e. The highest BCUT2D eigenvalue weighted by molar-refractivity contribution is 5.94. The molecule has 6 heteroatoms. The molecule has 3 heterocycles. The lowest BCUT2D eigenvalue weighted by Crippen LogP contribution is -2.35. The summed E-state index contributed by atoms with van der Waals surface area (Å²) >= 11 is 0. The molecule has 0 amide bonds. The van der Waals surface area contributed by atoms with Crippen molar-refractivity contribution in [1.82, 2.24) is 9.97 Å². The summed E-state index contributed by atoms with van der Waals surface area (Å²) < 4.78 is 28.5. The molecule has 1 saturated heterocycles.